The molecule has 2 aromatic rings. The van der Waals surface area contributed by atoms with E-state index in [1.807, 2.05) is 18.7 Å². The fourth-order valence-corrected chi connectivity index (χ4v) is 3.07. The first-order chi connectivity index (χ1) is 11.9. The Bertz CT molecular complexity index is 719. The molecule has 7 heteroatoms. The average molecular weight is 346 g/mol. The van der Waals surface area contributed by atoms with Gasteiger partial charge in [-0.05, 0) is 18.8 Å². The number of carbonyl (C=O) groups is 1. The third kappa shape index (κ3) is 4.08. The highest BCUT2D eigenvalue weighted by Gasteiger charge is 2.30. The molecule has 1 aliphatic heterocycles. The van der Waals surface area contributed by atoms with Gasteiger partial charge in [-0.3, -0.25) is 4.79 Å². The topological polar surface area (TPSA) is 85.3 Å². The molecule has 3 heterocycles. The minimum absolute atomic E-state index is 0.0857. The summed E-state index contributed by atoms with van der Waals surface area (Å²) in [7, 11) is 0. The second-order valence-electron chi connectivity index (χ2n) is 7.51. The molecule has 136 valence electrons. The molecule has 1 fully saturated rings. The fourth-order valence-electron chi connectivity index (χ4n) is 3.07. The highest BCUT2D eigenvalue weighted by molar-refractivity contribution is 5.92. The number of amides is 1. The third-order valence-electron chi connectivity index (χ3n) is 4.45. The Morgan fingerprint density at radius 2 is 2.08 bits per heavy atom. The summed E-state index contributed by atoms with van der Waals surface area (Å²) in [6.45, 7) is 9.56. The first-order valence-electron chi connectivity index (χ1n) is 9.02. The molecule has 7 nitrogen and oxygen atoms in total. The first kappa shape index (κ1) is 17.6. The zero-order chi connectivity index (χ0) is 18.0. The van der Waals surface area contributed by atoms with Gasteiger partial charge in [0.2, 0.25) is 5.89 Å². The van der Waals surface area contributed by atoms with Crippen LogP contribution in [-0.4, -0.2) is 39.2 Å². The second-order valence-corrected chi connectivity index (χ2v) is 7.51. The van der Waals surface area contributed by atoms with Gasteiger partial charge in [0.15, 0.2) is 11.5 Å². The molecule has 3 rings (SSSR count). The van der Waals surface area contributed by atoms with Crippen LogP contribution in [0.3, 0.4) is 0 Å². The van der Waals surface area contributed by atoms with Crippen LogP contribution >= 0.6 is 0 Å². The van der Waals surface area contributed by atoms with Crippen molar-refractivity contribution in [1.29, 1.82) is 0 Å². The van der Waals surface area contributed by atoms with Crippen molar-refractivity contribution in [2.75, 3.05) is 13.1 Å². The predicted molar refractivity (Wildman–Crippen MR) is 91.3 cm³/mol. The number of rotatable bonds is 5. The summed E-state index contributed by atoms with van der Waals surface area (Å²) in [6, 6.07) is 1.74. The predicted octanol–water partition coefficient (Wildman–Crippen LogP) is 3.40. The van der Waals surface area contributed by atoms with E-state index in [9.17, 15) is 4.79 Å². The van der Waals surface area contributed by atoms with E-state index >= 15 is 0 Å². The number of likely N-dealkylation sites (tertiary alicyclic amines) is 1. The van der Waals surface area contributed by atoms with E-state index < -0.39 is 0 Å². The Balaban J connectivity index is 1.67. The Kier molecular flexibility index (Phi) is 5.20. The van der Waals surface area contributed by atoms with Gasteiger partial charge in [-0.15, -0.1) is 0 Å². The van der Waals surface area contributed by atoms with E-state index in [-0.39, 0.29) is 17.7 Å². The molecule has 0 bridgehead atoms. The Labute approximate surface area is 147 Å². The lowest BCUT2D eigenvalue weighted by Gasteiger charge is -2.30. The van der Waals surface area contributed by atoms with Gasteiger partial charge in [-0.1, -0.05) is 38.0 Å². The van der Waals surface area contributed by atoms with Crippen LogP contribution in [0.2, 0.25) is 0 Å². The zero-order valence-electron chi connectivity index (χ0n) is 15.4. The van der Waals surface area contributed by atoms with Crippen molar-refractivity contribution in [1.82, 2.24) is 20.2 Å². The summed E-state index contributed by atoms with van der Waals surface area (Å²) in [5.41, 5.74) is 0.371. The molecular formula is C18H26N4O3. The molecule has 0 spiro atoms. The molecular weight excluding hydrogens is 320 g/mol. The number of nitrogens with zero attached hydrogens (tertiary/aromatic N) is 4. The summed E-state index contributed by atoms with van der Waals surface area (Å²) < 4.78 is 10.7. The molecule has 0 aliphatic carbocycles. The van der Waals surface area contributed by atoms with Gasteiger partial charge in [0.1, 0.15) is 5.76 Å². The van der Waals surface area contributed by atoms with Crippen LogP contribution in [0, 0.1) is 5.92 Å². The van der Waals surface area contributed by atoms with E-state index in [1.54, 1.807) is 6.07 Å². The van der Waals surface area contributed by atoms with Crippen LogP contribution in [0.25, 0.3) is 0 Å². The first-order valence-corrected chi connectivity index (χ1v) is 9.02. The van der Waals surface area contributed by atoms with Gasteiger partial charge < -0.3 is 13.9 Å². The molecule has 25 heavy (non-hydrogen) atoms. The van der Waals surface area contributed by atoms with Crippen molar-refractivity contribution in [3.63, 3.8) is 0 Å². The molecule has 1 aliphatic rings. The maximum Gasteiger partial charge on any atom is 0.276 e. The molecule has 1 atom stereocenters. The lowest BCUT2D eigenvalue weighted by Crippen LogP contribution is -2.39. The minimum Gasteiger partial charge on any atom is -0.360 e. The van der Waals surface area contributed by atoms with Crippen LogP contribution < -0.4 is 0 Å². The van der Waals surface area contributed by atoms with Gasteiger partial charge in [0.05, 0.1) is 5.92 Å². The highest BCUT2D eigenvalue weighted by atomic mass is 16.5. The lowest BCUT2D eigenvalue weighted by atomic mass is 9.97. The SMILES string of the molecule is CC(C)Cc1noc([C@H]2CCCN(C(=O)c3cc(C(C)C)on3)C2)n1. The fraction of sp³-hybridized carbons (Fsp3) is 0.667. The van der Waals surface area contributed by atoms with Crippen molar-refractivity contribution in [2.45, 2.75) is 58.8 Å². The minimum atomic E-state index is -0.0951. The van der Waals surface area contributed by atoms with Crippen molar-refractivity contribution in [2.24, 2.45) is 5.92 Å². The van der Waals surface area contributed by atoms with Crippen LogP contribution in [0.5, 0.6) is 0 Å². The summed E-state index contributed by atoms with van der Waals surface area (Å²) in [5.74, 6) is 2.79. The zero-order valence-corrected chi connectivity index (χ0v) is 15.4. The Morgan fingerprint density at radius 3 is 2.76 bits per heavy atom. The summed E-state index contributed by atoms with van der Waals surface area (Å²) in [5, 5.41) is 7.99. The quantitative estimate of drug-likeness (QED) is 0.825. The molecule has 0 N–H and O–H groups in total. The van der Waals surface area contributed by atoms with Crippen LogP contribution in [-0.2, 0) is 6.42 Å². The van der Waals surface area contributed by atoms with Gasteiger partial charge in [0.25, 0.3) is 5.91 Å². The van der Waals surface area contributed by atoms with Gasteiger partial charge >= 0.3 is 0 Å². The van der Waals surface area contributed by atoms with E-state index in [0.29, 0.717) is 30.6 Å². The van der Waals surface area contributed by atoms with Crippen LogP contribution in [0.15, 0.2) is 15.1 Å². The highest BCUT2D eigenvalue weighted by Crippen LogP contribution is 2.27. The number of carbonyl (C=O) groups excluding carboxylic acids is 1. The number of piperidine rings is 1. The molecule has 0 unspecified atom stereocenters. The van der Waals surface area contributed by atoms with Crippen molar-refractivity contribution < 1.29 is 13.8 Å². The lowest BCUT2D eigenvalue weighted by molar-refractivity contribution is 0.0685. The summed E-state index contributed by atoms with van der Waals surface area (Å²) >= 11 is 0. The molecule has 0 saturated carbocycles. The van der Waals surface area contributed by atoms with E-state index in [2.05, 4.69) is 29.1 Å². The second kappa shape index (κ2) is 7.37. The molecule has 0 aromatic carbocycles. The average Bonchev–Trinajstić information content (AvgIpc) is 3.23. The maximum absolute atomic E-state index is 12.7. The van der Waals surface area contributed by atoms with Crippen molar-refractivity contribution in [3.05, 3.63) is 29.2 Å². The van der Waals surface area contributed by atoms with E-state index in [1.165, 1.54) is 0 Å². The largest absolute Gasteiger partial charge is 0.360 e. The smallest absolute Gasteiger partial charge is 0.276 e. The van der Waals surface area contributed by atoms with Crippen LogP contribution in [0.4, 0.5) is 0 Å². The molecule has 1 saturated heterocycles. The third-order valence-corrected chi connectivity index (χ3v) is 4.45. The van der Waals surface area contributed by atoms with Crippen LogP contribution in [0.1, 0.15) is 80.3 Å². The Morgan fingerprint density at radius 1 is 1.28 bits per heavy atom. The number of hydrogen-bond acceptors (Lipinski definition) is 6. The summed E-state index contributed by atoms with van der Waals surface area (Å²) in [4.78, 5) is 19.0. The molecule has 1 amide bonds. The molecule has 0 radical (unpaired) electrons. The van der Waals surface area contributed by atoms with E-state index in [0.717, 1.165) is 30.8 Å². The number of aromatic nitrogens is 3. The number of hydrogen-bond donors (Lipinski definition) is 0. The monoisotopic (exact) mass is 346 g/mol. The maximum atomic E-state index is 12.7. The van der Waals surface area contributed by atoms with Gasteiger partial charge in [-0.2, -0.15) is 4.98 Å². The normalized spacial score (nSPS) is 18.3. The Hall–Kier alpha value is -2.18. The van der Waals surface area contributed by atoms with Crippen molar-refractivity contribution >= 4 is 5.91 Å². The summed E-state index contributed by atoms with van der Waals surface area (Å²) in [6.07, 6.45) is 2.66. The van der Waals surface area contributed by atoms with Crippen molar-refractivity contribution in [3.8, 4) is 0 Å². The van der Waals surface area contributed by atoms with E-state index in [4.69, 9.17) is 9.05 Å². The standard InChI is InChI=1S/C18H26N4O3/c1-11(2)8-16-19-17(25-21-16)13-6-5-7-22(10-13)18(23)14-9-15(12(3)4)24-20-14/h9,11-13H,5-8,10H2,1-4H3/t13-/m0/s1. The van der Waals surface area contributed by atoms with Gasteiger partial charge in [-0.25, -0.2) is 0 Å². The molecule has 2 aromatic heterocycles. The van der Waals surface area contributed by atoms with Gasteiger partial charge in [0, 0.05) is 31.5 Å².